The maximum atomic E-state index is 11.8. The van der Waals surface area contributed by atoms with Gasteiger partial charge in [0.1, 0.15) is 0 Å². The molecule has 0 aliphatic heterocycles. The Hall–Kier alpha value is -2.40. The lowest BCUT2D eigenvalue weighted by Gasteiger charge is -2.18. The van der Waals surface area contributed by atoms with E-state index in [0.717, 1.165) is 11.3 Å². The molecule has 0 spiro atoms. The number of nitrogens with one attached hydrogen (secondary N) is 2. The van der Waals surface area contributed by atoms with Crippen LogP contribution in [0.25, 0.3) is 0 Å². The van der Waals surface area contributed by atoms with Crippen LogP contribution < -0.4 is 10.6 Å². The number of aliphatic hydroxyl groups is 1. The summed E-state index contributed by atoms with van der Waals surface area (Å²) in [5.74, 6) is 0. The van der Waals surface area contributed by atoms with Gasteiger partial charge in [-0.2, -0.15) is 0 Å². The Labute approximate surface area is 130 Å². The topological polar surface area (TPSA) is 74.2 Å². The fourth-order valence-electron chi connectivity index (χ4n) is 2.15. The molecule has 2 amide bonds. The predicted molar refractivity (Wildman–Crippen MR) is 85.1 cm³/mol. The van der Waals surface area contributed by atoms with Crippen LogP contribution in [0.2, 0.25) is 0 Å². The summed E-state index contributed by atoms with van der Waals surface area (Å²) < 4.78 is 0. The predicted octanol–water partition coefficient (Wildman–Crippen LogP) is 2.39. The van der Waals surface area contributed by atoms with E-state index in [1.54, 1.807) is 6.20 Å². The molecular weight excluding hydrogens is 278 g/mol. The first-order chi connectivity index (χ1) is 10.6. The van der Waals surface area contributed by atoms with Gasteiger partial charge >= 0.3 is 6.03 Å². The number of urea groups is 1. The first kappa shape index (κ1) is 16.0. The monoisotopic (exact) mass is 299 g/mol. The lowest BCUT2D eigenvalue weighted by atomic mass is 10.0. The first-order valence-corrected chi connectivity index (χ1v) is 7.32. The van der Waals surface area contributed by atoms with Gasteiger partial charge < -0.3 is 15.7 Å². The number of benzene rings is 1. The Morgan fingerprint density at radius 1 is 1.18 bits per heavy atom. The highest BCUT2D eigenvalue weighted by Gasteiger charge is 2.14. The zero-order chi connectivity index (χ0) is 15.8. The lowest BCUT2D eigenvalue weighted by Crippen LogP contribution is -2.41. The van der Waals surface area contributed by atoms with Crippen molar-refractivity contribution in [1.82, 2.24) is 15.6 Å². The third-order valence-electron chi connectivity index (χ3n) is 3.29. The summed E-state index contributed by atoms with van der Waals surface area (Å²) in [6.45, 7) is 2.24. The van der Waals surface area contributed by atoms with Crippen molar-refractivity contribution in [1.29, 1.82) is 0 Å². The molecule has 0 aliphatic rings. The molecule has 0 bridgehead atoms. The summed E-state index contributed by atoms with van der Waals surface area (Å²) in [7, 11) is 0. The van der Waals surface area contributed by atoms with Crippen molar-refractivity contribution < 1.29 is 9.90 Å². The van der Waals surface area contributed by atoms with E-state index in [-0.39, 0.29) is 12.1 Å². The second-order valence-corrected chi connectivity index (χ2v) is 5.21. The molecule has 5 nitrogen and oxygen atoms in total. The minimum Gasteiger partial charge on any atom is -0.388 e. The number of hydrogen-bond acceptors (Lipinski definition) is 3. The van der Waals surface area contributed by atoms with Gasteiger partial charge in [-0.05, 0) is 31.0 Å². The second kappa shape index (κ2) is 8.14. The van der Waals surface area contributed by atoms with Crippen LogP contribution in [-0.2, 0) is 6.54 Å². The number of rotatable bonds is 6. The Kier molecular flexibility index (Phi) is 5.91. The summed E-state index contributed by atoms with van der Waals surface area (Å²) in [6, 6.07) is 14.6. The van der Waals surface area contributed by atoms with Gasteiger partial charge in [0.2, 0.25) is 0 Å². The Balaban J connectivity index is 1.74. The van der Waals surface area contributed by atoms with E-state index >= 15 is 0 Å². The van der Waals surface area contributed by atoms with Crippen molar-refractivity contribution in [2.75, 3.05) is 0 Å². The molecule has 1 aromatic heterocycles. The van der Waals surface area contributed by atoms with Crippen LogP contribution in [-0.4, -0.2) is 22.2 Å². The first-order valence-electron chi connectivity index (χ1n) is 7.32. The normalized spacial score (nSPS) is 13.2. The minimum atomic E-state index is -0.590. The third-order valence-corrected chi connectivity index (χ3v) is 3.29. The molecule has 0 radical (unpaired) electrons. The highest BCUT2D eigenvalue weighted by Crippen LogP contribution is 2.17. The molecule has 2 rings (SSSR count). The number of nitrogens with zero attached hydrogens (tertiary/aromatic N) is 1. The molecule has 22 heavy (non-hydrogen) atoms. The van der Waals surface area contributed by atoms with E-state index in [9.17, 15) is 9.90 Å². The molecule has 0 saturated heterocycles. The van der Waals surface area contributed by atoms with Gasteiger partial charge in [0.25, 0.3) is 0 Å². The van der Waals surface area contributed by atoms with E-state index in [0.29, 0.717) is 13.0 Å². The van der Waals surface area contributed by atoms with Crippen molar-refractivity contribution in [2.45, 2.75) is 32.0 Å². The minimum absolute atomic E-state index is 0.140. The standard InChI is InChI=1S/C17H21N3O2/c1-13(11-16(21)14-7-3-2-4-8-14)20-17(22)19-12-15-9-5-6-10-18-15/h2-10,13,16,21H,11-12H2,1H3,(H2,19,20,22). The van der Waals surface area contributed by atoms with E-state index in [2.05, 4.69) is 15.6 Å². The van der Waals surface area contributed by atoms with Gasteiger partial charge in [-0.1, -0.05) is 36.4 Å². The van der Waals surface area contributed by atoms with Crippen LogP contribution in [0.3, 0.4) is 0 Å². The van der Waals surface area contributed by atoms with Crippen molar-refractivity contribution in [3.05, 3.63) is 66.0 Å². The average Bonchev–Trinajstić information content (AvgIpc) is 2.54. The molecule has 1 aromatic carbocycles. The van der Waals surface area contributed by atoms with E-state index in [4.69, 9.17) is 0 Å². The van der Waals surface area contributed by atoms with E-state index in [1.165, 1.54) is 0 Å². The Bertz CT molecular complexity index is 575. The van der Waals surface area contributed by atoms with Crippen molar-refractivity contribution in [2.24, 2.45) is 0 Å². The molecule has 2 unspecified atom stereocenters. The number of carbonyl (C=O) groups is 1. The third kappa shape index (κ3) is 5.18. The maximum Gasteiger partial charge on any atom is 0.315 e. The molecule has 2 aromatic rings. The fourth-order valence-corrected chi connectivity index (χ4v) is 2.15. The highest BCUT2D eigenvalue weighted by molar-refractivity contribution is 5.74. The quantitative estimate of drug-likeness (QED) is 0.766. The van der Waals surface area contributed by atoms with Crippen LogP contribution in [0.5, 0.6) is 0 Å². The van der Waals surface area contributed by atoms with Gasteiger partial charge in [-0.25, -0.2) is 4.79 Å². The Morgan fingerprint density at radius 2 is 1.91 bits per heavy atom. The highest BCUT2D eigenvalue weighted by atomic mass is 16.3. The molecule has 5 heteroatoms. The summed E-state index contributed by atoms with van der Waals surface area (Å²) in [5, 5.41) is 15.7. The van der Waals surface area contributed by atoms with E-state index < -0.39 is 6.10 Å². The number of aliphatic hydroxyl groups excluding tert-OH is 1. The van der Waals surface area contributed by atoms with Gasteiger partial charge in [-0.15, -0.1) is 0 Å². The lowest BCUT2D eigenvalue weighted by molar-refractivity contribution is 0.154. The zero-order valence-electron chi connectivity index (χ0n) is 12.6. The second-order valence-electron chi connectivity index (χ2n) is 5.21. The molecule has 0 fully saturated rings. The van der Waals surface area contributed by atoms with Crippen LogP contribution >= 0.6 is 0 Å². The molecule has 0 saturated carbocycles. The number of amides is 2. The van der Waals surface area contributed by atoms with Crippen molar-refractivity contribution in [3.63, 3.8) is 0 Å². The molecular formula is C17H21N3O2. The largest absolute Gasteiger partial charge is 0.388 e. The van der Waals surface area contributed by atoms with Crippen LogP contribution in [0.15, 0.2) is 54.7 Å². The summed E-state index contributed by atoms with van der Waals surface area (Å²) >= 11 is 0. The van der Waals surface area contributed by atoms with Crippen LogP contribution in [0.4, 0.5) is 4.79 Å². The number of aromatic nitrogens is 1. The number of carbonyl (C=O) groups excluding carboxylic acids is 1. The zero-order valence-corrected chi connectivity index (χ0v) is 12.6. The van der Waals surface area contributed by atoms with Gasteiger partial charge in [-0.3, -0.25) is 4.98 Å². The van der Waals surface area contributed by atoms with Gasteiger partial charge in [0.05, 0.1) is 18.3 Å². The fraction of sp³-hybridized carbons (Fsp3) is 0.294. The SMILES string of the molecule is CC(CC(O)c1ccccc1)NC(=O)NCc1ccccn1. The summed E-state index contributed by atoms with van der Waals surface area (Å²) in [4.78, 5) is 15.9. The molecule has 3 N–H and O–H groups in total. The molecule has 116 valence electrons. The average molecular weight is 299 g/mol. The van der Waals surface area contributed by atoms with E-state index in [1.807, 2.05) is 55.5 Å². The Morgan fingerprint density at radius 3 is 2.59 bits per heavy atom. The van der Waals surface area contributed by atoms with Crippen LogP contribution in [0.1, 0.15) is 30.7 Å². The smallest absolute Gasteiger partial charge is 0.315 e. The van der Waals surface area contributed by atoms with Gasteiger partial charge in [0.15, 0.2) is 0 Å². The summed E-state index contributed by atoms with van der Waals surface area (Å²) in [6.07, 6.45) is 1.56. The molecule has 1 heterocycles. The maximum absolute atomic E-state index is 11.8. The van der Waals surface area contributed by atoms with Crippen molar-refractivity contribution >= 4 is 6.03 Å². The molecule has 0 aliphatic carbocycles. The van der Waals surface area contributed by atoms with Crippen molar-refractivity contribution in [3.8, 4) is 0 Å². The van der Waals surface area contributed by atoms with Gasteiger partial charge in [0, 0.05) is 12.2 Å². The summed E-state index contributed by atoms with van der Waals surface area (Å²) in [5.41, 5.74) is 1.65. The van der Waals surface area contributed by atoms with Crippen LogP contribution in [0, 0.1) is 0 Å². The number of hydrogen-bond donors (Lipinski definition) is 3. The molecule has 2 atom stereocenters. The number of pyridine rings is 1.